The number of rotatable bonds is 5. The number of thioether (sulfide) groups is 1. The van der Waals surface area contributed by atoms with Gasteiger partial charge < -0.3 is 5.32 Å². The molecule has 1 amide bonds. The molecule has 1 N–H and O–H groups in total. The summed E-state index contributed by atoms with van der Waals surface area (Å²) in [6.07, 6.45) is 1.66. The van der Waals surface area contributed by atoms with Gasteiger partial charge in [-0.25, -0.2) is 0 Å². The van der Waals surface area contributed by atoms with Crippen molar-refractivity contribution < 1.29 is 4.79 Å². The van der Waals surface area contributed by atoms with E-state index in [0.29, 0.717) is 10.2 Å². The van der Waals surface area contributed by atoms with Crippen molar-refractivity contribution >= 4 is 35.0 Å². The van der Waals surface area contributed by atoms with Crippen molar-refractivity contribution in [2.75, 3.05) is 11.1 Å². The minimum Gasteiger partial charge on any atom is -0.325 e. The van der Waals surface area contributed by atoms with Crippen LogP contribution in [-0.2, 0) is 4.79 Å². The Balaban J connectivity index is 1.67. The number of halogens is 1. The smallest absolute Gasteiger partial charge is 0.234 e. The van der Waals surface area contributed by atoms with Crippen LogP contribution in [0.25, 0.3) is 5.69 Å². The average Bonchev–Trinajstić information content (AvgIpc) is 3.04. The zero-order valence-corrected chi connectivity index (χ0v) is 15.4. The van der Waals surface area contributed by atoms with Gasteiger partial charge >= 0.3 is 0 Å². The predicted octanol–water partition coefficient (Wildman–Crippen LogP) is 4.27. The molecule has 5 nitrogen and oxygen atoms in total. The van der Waals surface area contributed by atoms with Gasteiger partial charge in [-0.1, -0.05) is 41.6 Å². The highest BCUT2D eigenvalue weighted by Crippen LogP contribution is 2.23. The fourth-order valence-corrected chi connectivity index (χ4v) is 3.35. The maximum absolute atomic E-state index is 12.2. The molecule has 3 rings (SSSR count). The molecule has 0 radical (unpaired) electrons. The molecule has 0 atom stereocenters. The van der Waals surface area contributed by atoms with Crippen molar-refractivity contribution in [2.45, 2.75) is 19.0 Å². The summed E-state index contributed by atoms with van der Waals surface area (Å²) in [6.45, 7) is 3.93. The molecule has 25 heavy (non-hydrogen) atoms. The molecule has 0 saturated heterocycles. The number of nitrogens with one attached hydrogen (secondary N) is 1. The van der Waals surface area contributed by atoms with Crippen LogP contribution in [0.1, 0.15) is 11.1 Å². The topological polar surface area (TPSA) is 59.8 Å². The van der Waals surface area contributed by atoms with Gasteiger partial charge in [-0.05, 0) is 49.2 Å². The first kappa shape index (κ1) is 17.5. The summed E-state index contributed by atoms with van der Waals surface area (Å²) < 4.78 is 1.89. The third kappa shape index (κ3) is 4.21. The largest absolute Gasteiger partial charge is 0.325 e. The molecule has 0 aliphatic rings. The lowest BCUT2D eigenvalue weighted by Gasteiger charge is -2.10. The van der Waals surface area contributed by atoms with Crippen LogP contribution in [-0.4, -0.2) is 26.4 Å². The first-order valence-corrected chi connectivity index (χ1v) is 9.06. The van der Waals surface area contributed by atoms with Gasteiger partial charge in [0.1, 0.15) is 6.33 Å². The summed E-state index contributed by atoms with van der Waals surface area (Å²) in [5, 5.41) is 12.3. The van der Waals surface area contributed by atoms with Crippen molar-refractivity contribution in [2.24, 2.45) is 0 Å². The summed E-state index contributed by atoms with van der Waals surface area (Å²) in [5.41, 5.74) is 3.80. The molecule has 0 saturated carbocycles. The molecular formula is C18H17ClN4OS. The summed E-state index contributed by atoms with van der Waals surface area (Å²) in [7, 11) is 0. The van der Waals surface area contributed by atoms with Gasteiger partial charge in [0.25, 0.3) is 0 Å². The van der Waals surface area contributed by atoms with Gasteiger partial charge in [-0.2, -0.15) is 0 Å². The van der Waals surface area contributed by atoms with Gasteiger partial charge in [-0.3, -0.25) is 9.36 Å². The summed E-state index contributed by atoms with van der Waals surface area (Å²) in [5.74, 6) is 0.141. The Kier molecular flexibility index (Phi) is 5.40. The fraction of sp³-hybridized carbons (Fsp3) is 0.167. The molecular weight excluding hydrogens is 356 g/mol. The van der Waals surface area contributed by atoms with Gasteiger partial charge in [0, 0.05) is 10.7 Å². The lowest BCUT2D eigenvalue weighted by atomic mass is 10.2. The minimum atomic E-state index is -0.102. The van der Waals surface area contributed by atoms with E-state index < -0.39 is 0 Å². The second-order valence-electron chi connectivity index (χ2n) is 5.57. The molecule has 1 aromatic heterocycles. The van der Waals surface area contributed by atoms with Crippen LogP contribution in [0, 0.1) is 13.8 Å². The van der Waals surface area contributed by atoms with Crippen LogP contribution in [0.15, 0.2) is 53.9 Å². The normalized spacial score (nSPS) is 10.7. The van der Waals surface area contributed by atoms with Crippen LogP contribution in [0.4, 0.5) is 5.69 Å². The number of hydrogen-bond acceptors (Lipinski definition) is 4. The van der Waals surface area contributed by atoms with Crippen LogP contribution in [0.3, 0.4) is 0 Å². The van der Waals surface area contributed by atoms with E-state index in [4.69, 9.17) is 11.6 Å². The van der Waals surface area contributed by atoms with E-state index in [2.05, 4.69) is 15.5 Å². The number of amides is 1. The summed E-state index contributed by atoms with van der Waals surface area (Å²) in [4.78, 5) is 12.2. The van der Waals surface area contributed by atoms with Crippen molar-refractivity contribution in [3.63, 3.8) is 0 Å². The predicted molar refractivity (Wildman–Crippen MR) is 102 cm³/mol. The molecule has 1 heterocycles. The van der Waals surface area contributed by atoms with Gasteiger partial charge in [0.15, 0.2) is 5.16 Å². The second kappa shape index (κ2) is 7.72. The van der Waals surface area contributed by atoms with E-state index in [1.165, 1.54) is 11.8 Å². The Bertz CT molecular complexity index is 910. The highest BCUT2D eigenvalue weighted by atomic mass is 35.5. The van der Waals surface area contributed by atoms with Crippen molar-refractivity contribution in [1.29, 1.82) is 0 Å². The van der Waals surface area contributed by atoms with Crippen LogP contribution >= 0.6 is 23.4 Å². The standard InChI is InChI=1S/C18H17ClN4OS/c1-12-5-3-4-6-16(12)23-11-20-22-18(23)25-10-17(24)21-15-8-7-14(19)9-13(15)2/h3-9,11H,10H2,1-2H3,(H,21,24). The van der Waals surface area contributed by atoms with E-state index in [-0.39, 0.29) is 11.7 Å². The van der Waals surface area contributed by atoms with Crippen molar-refractivity contribution in [3.8, 4) is 5.69 Å². The number of para-hydroxylation sites is 1. The highest BCUT2D eigenvalue weighted by molar-refractivity contribution is 7.99. The zero-order valence-electron chi connectivity index (χ0n) is 13.9. The molecule has 2 aromatic carbocycles. The number of anilines is 1. The lowest BCUT2D eigenvalue weighted by Crippen LogP contribution is -2.15. The quantitative estimate of drug-likeness (QED) is 0.679. The van der Waals surface area contributed by atoms with E-state index >= 15 is 0 Å². The third-order valence-electron chi connectivity index (χ3n) is 3.69. The van der Waals surface area contributed by atoms with E-state index in [1.807, 2.05) is 48.7 Å². The number of carbonyl (C=O) groups excluding carboxylic acids is 1. The van der Waals surface area contributed by atoms with Crippen LogP contribution < -0.4 is 5.32 Å². The Morgan fingerprint density at radius 3 is 2.76 bits per heavy atom. The molecule has 3 aromatic rings. The number of carbonyl (C=O) groups is 1. The Morgan fingerprint density at radius 2 is 2.00 bits per heavy atom. The Hall–Kier alpha value is -2.31. The summed E-state index contributed by atoms with van der Waals surface area (Å²) in [6, 6.07) is 13.4. The average molecular weight is 373 g/mol. The number of aromatic nitrogens is 3. The number of hydrogen-bond donors (Lipinski definition) is 1. The molecule has 0 spiro atoms. The van der Waals surface area contributed by atoms with Crippen molar-refractivity contribution in [1.82, 2.24) is 14.8 Å². The number of benzene rings is 2. The van der Waals surface area contributed by atoms with E-state index in [0.717, 1.165) is 22.5 Å². The fourth-order valence-electron chi connectivity index (χ4n) is 2.41. The summed E-state index contributed by atoms with van der Waals surface area (Å²) >= 11 is 7.28. The maximum atomic E-state index is 12.2. The Labute approximate surface area is 155 Å². The van der Waals surface area contributed by atoms with Crippen LogP contribution in [0.2, 0.25) is 5.02 Å². The molecule has 0 bridgehead atoms. The van der Waals surface area contributed by atoms with E-state index in [9.17, 15) is 4.79 Å². The molecule has 0 unspecified atom stereocenters. The molecule has 0 fully saturated rings. The SMILES string of the molecule is Cc1cc(Cl)ccc1NC(=O)CSc1nncn1-c1ccccc1C. The Morgan fingerprint density at radius 1 is 1.20 bits per heavy atom. The molecule has 0 aliphatic carbocycles. The van der Waals surface area contributed by atoms with E-state index in [1.54, 1.807) is 18.5 Å². The van der Waals surface area contributed by atoms with Crippen molar-refractivity contribution in [3.05, 3.63) is 64.9 Å². The number of nitrogens with zero attached hydrogens (tertiary/aromatic N) is 3. The van der Waals surface area contributed by atoms with Crippen LogP contribution in [0.5, 0.6) is 0 Å². The molecule has 0 aliphatic heterocycles. The first-order chi connectivity index (χ1) is 12.0. The first-order valence-electron chi connectivity index (χ1n) is 7.69. The van der Waals surface area contributed by atoms with Gasteiger partial charge in [0.05, 0.1) is 11.4 Å². The zero-order chi connectivity index (χ0) is 17.8. The monoisotopic (exact) mass is 372 g/mol. The number of aryl methyl sites for hydroxylation is 2. The minimum absolute atomic E-state index is 0.102. The molecule has 128 valence electrons. The molecule has 7 heteroatoms. The lowest BCUT2D eigenvalue weighted by molar-refractivity contribution is -0.113. The second-order valence-corrected chi connectivity index (χ2v) is 6.95. The van der Waals surface area contributed by atoms with Gasteiger partial charge in [0.2, 0.25) is 5.91 Å². The maximum Gasteiger partial charge on any atom is 0.234 e. The highest BCUT2D eigenvalue weighted by Gasteiger charge is 2.12. The third-order valence-corrected chi connectivity index (χ3v) is 4.86. The van der Waals surface area contributed by atoms with Gasteiger partial charge in [-0.15, -0.1) is 10.2 Å².